The molecule has 0 saturated heterocycles. The van der Waals surface area contributed by atoms with Gasteiger partial charge >= 0.3 is 5.97 Å². The zero-order chi connectivity index (χ0) is 12.3. The van der Waals surface area contributed by atoms with E-state index in [4.69, 9.17) is 5.11 Å². The summed E-state index contributed by atoms with van der Waals surface area (Å²) in [5, 5.41) is 12.2. The molecule has 92 valence electrons. The van der Waals surface area contributed by atoms with Crippen LogP contribution in [0.2, 0.25) is 0 Å². The SMILES string of the molecule is CCNC(CC(=O)O)c1cccc(C2CC2)c1. The summed E-state index contributed by atoms with van der Waals surface area (Å²) in [6.45, 7) is 2.78. The van der Waals surface area contributed by atoms with Crippen molar-refractivity contribution in [1.29, 1.82) is 0 Å². The van der Waals surface area contributed by atoms with Crippen LogP contribution in [0.4, 0.5) is 0 Å². The molecule has 1 aromatic carbocycles. The van der Waals surface area contributed by atoms with Crippen molar-refractivity contribution in [2.75, 3.05) is 6.54 Å². The van der Waals surface area contributed by atoms with Crippen LogP contribution < -0.4 is 5.32 Å². The van der Waals surface area contributed by atoms with Crippen LogP contribution in [0.1, 0.15) is 49.3 Å². The average molecular weight is 233 g/mol. The van der Waals surface area contributed by atoms with E-state index < -0.39 is 5.97 Å². The molecule has 2 rings (SSSR count). The van der Waals surface area contributed by atoms with Crippen molar-refractivity contribution in [2.24, 2.45) is 0 Å². The minimum absolute atomic E-state index is 0.0730. The Morgan fingerprint density at radius 3 is 2.88 bits per heavy atom. The number of benzene rings is 1. The molecule has 0 bridgehead atoms. The van der Waals surface area contributed by atoms with E-state index in [-0.39, 0.29) is 12.5 Å². The Bertz CT molecular complexity index is 399. The van der Waals surface area contributed by atoms with Crippen LogP contribution in [-0.2, 0) is 4.79 Å². The highest BCUT2D eigenvalue weighted by Gasteiger charge is 2.24. The average Bonchev–Trinajstić information content (AvgIpc) is 3.12. The molecular formula is C14H19NO2. The van der Waals surface area contributed by atoms with Crippen LogP contribution >= 0.6 is 0 Å². The molecule has 1 fully saturated rings. The van der Waals surface area contributed by atoms with Crippen molar-refractivity contribution in [1.82, 2.24) is 5.32 Å². The van der Waals surface area contributed by atoms with Crippen LogP contribution in [0.3, 0.4) is 0 Å². The molecule has 1 saturated carbocycles. The van der Waals surface area contributed by atoms with Gasteiger partial charge in [-0.05, 0) is 36.4 Å². The molecule has 1 aliphatic carbocycles. The Kier molecular flexibility index (Phi) is 3.79. The molecule has 1 aromatic rings. The summed E-state index contributed by atoms with van der Waals surface area (Å²) >= 11 is 0. The molecule has 0 spiro atoms. The van der Waals surface area contributed by atoms with E-state index in [1.165, 1.54) is 18.4 Å². The molecule has 1 atom stereocenters. The minimum atomic E-state index is -0.757. The Morgan fingerprint density at radius 2 is 2.29 bits per heavy atom. The number of carboxylic acids is 1. The first kappa shape index (κ1) is 12.1. The van der Waals surface area contributed by atoms with Gasteiger partial charge in [-0.2, -0.15) is 0 Å². The number of rotatable bonds is 6. The third kappa shape index (κ3) is 3.30. The topological polar surface area (TPSA) is 49.3 Å². The van der Waals surface area contributed by atoms with E-state index >= 15 is 0 Å². The highest BCUT2D eigenvalue weighted by molar-refractivity contribution is 5.68. The lowest BCUT2D eigenvalue weighted by Gasteiger charge is -2.17. The van der Waals surface area contributed by atoms with E-state index in [0.29, 0.717) is 5.92 Å². The standard InChI is InChI=1S/C14H19NO2/c1-2-15-13(9-14(16)17)12-5-3-4-11(8-12)10-6-7-10/h3-5,8,10,13,15H,2,6-7,9H2,1H3,(H,16,17). The predicted molar refractivity (Wildman–Crippen MR) is 67.1 cm³/mol. The molecule has 0 radical (unpaired) electrons. The predicted octanol–water partition coefficient (Wildman–Crippen LogP) is 2.69. The van der Waals surface area contributed by atoms with Crippen molar-refractivity contribution in [2.45, 2.75) is 38.1 Å². The fourth-order valence-electron chi connectivity index (χ4n) is 2.18. The lowest BCUT2D eigenvalue weighted by atomic mass is 9.99. The second-order valence-corrected chi connectivity index (χ2v) is 4.65. The molecule has 2 N–H and O–H groups in total. The molecule has 3 nitrogen and oxygen atoms in total. The fourth-order valence-corrected chi connectivity index (χ4v) is 2.18. The van der Waals surface area contributed by atoms with Crippen LogP contribution in [0.5, 0.6) is 0 Å². The van der Waals surface area contributed by atoms with Crippen molar-refractivity contribution >= 4 is 5.97 Å². The number of carboxylic acid groups (broad SMARTS) is 1. The third-order valence-electron chi connectivity index (χ3n) is 3.19. The van der Waals surface area contributed by atoms with Gasteiger partial charge < -0.3 is 10.4 Å². The summed E-state index contributed by atoms with van der Waals surface area (Å²) in [6, 6.07) is 8.28. The number of hydrogen-bond acceptors (Lipinski definition) is 2. The lowest BCUT2D eigenvalue weighted by molar-refractivity contribution is -0.137. The highest BCUT2D eigenvalue weighted by Crippen LogP contribution is 2.40. The third-order valence-corrected chi connectivity index (χ3v) is 3.19. The number of nitrogens with one attached hydrogen (secondary N) is 1. The summed E-state index contributed by atoms with van der Waals surface area (Å²) in [7, 11) is 0. The molecule has 17 heavy (non-hydrogen) atoms. The molecule has 0 aromatic heterocycles. The van der Waals surface area contributed by atoms with Gasteiger partial charge in [0.15, 0.2) is 0 Å². The monoisotopic (exact) mass is 233 g/mol. The zero-order valence-electron chi connectivity index (χ0n) is 10.1. The maximum Gasteiger partial charge on any atom is 0.305 e. The molecule has 0 amide bonds. The van der Waals surface area contributed by atoms with Crippen molar-refractivity contribution < 1.29 is 9.90 Å². The van der Waals surface area contributed by atoms with Crippen LogP contribution in [-0.4, -0.2) is 17.6 Å². The van der Waals surface area contributed by atoms with Gasteiger partial charge in [-0.25, -0.2) is 0 Å². The molecule has 0 aliphatic heterocycles. The van der Waals surface area contributed by atoms with E-state index in [0.717, 1.165) is 12.1 Å². The van der Waals surface area contributed by atoms with Gasteiger partial charge in [-0.3, -0.25) is 4.79 Å². The zero-order valence-corrected chi connectivity index (χ0v) is 10.1. The maximum atomic E-state index is 10.8. The summed E-state index contributed by atoms with van der Waals surface area (Å²) < 4.78 is 0. The first-order valence-corrected chi connectivity index (χ1v) is 6.25. The first-order chi connectivity index (χ1) is 8.20. The van der Waals surface area contributed by atoms with Gasteiger partial charge in [-0.15, -0.1) is 0 Å². The van der Waals surface area contributed by atoms with Gasteiger partial charge in [0.25, 0.3) is 0 Å². The molecule has 1 aliphatic rings. The quantitative estimate of drug-likeness (QED) is 0.794. The normalized spacial score (nSPS) is 16.8. The van der Waals surface area contributed by atoms with Gasteiger partial charge in [0.2, 0.25) is 0 Å². The van der Waals surface area contributed by atoms with E-state index in [2.05, 4.69) is 17.4 Å². The Hall–Kier alpha value is -1.35. The summed E-state index contributed by atoms with van der Waals surface area (Å²) in [4.78, 5) is 10.8. The van der Waals surface area contributed by atoms with E-state index in [9.17, 15) is 4.79 Å². The molecular weight excluding hydrogens is 214 g/mol. The lowest BCUT2D eigenvalue weighted by Crippen LogP contribution is -2.23. The van der Waals surface area contributed by atoms with Gasteiger partial charge in [0, 0.05) is 6.04 Å². The minimum Gasteiger partial charge on any atom is -0.481 e. The Morgan fingerprint density at radius 1 is 1.53 bits per heavy atom. The van der Waals surface area contributed by atoms with Crippen LogP contribution in [0.25, 0.3) is 0 Å². The van der Waals surface area contributed by atoms with Crippen molar-refractivity contribution in [3.8, 4) is 0 Å². The smallest absolute Gasteiger partial charge is 0.305 e. The van der Waals surface area contributed by atoms with Crippen molar-refractivity contribution in [3.05, 3.63) is 35.4 Å². The van der Waals surface area contributed by atoms with Crippen molar-refractivity contribution in [3.63, 3.8) is 0 Å². The molecule has 0 heterocycles. The second kappa shape index (κ2) is 5.32. The maximum absolute atomic E-state index is 10.8. The second-order valence-electron chi connectivity index (χ2n) is 4.65. The van der Waals surface area contributed by atoms with Gasteiger partial charge in [0.1, 0.15) is 0 Å². The number of carbonyl (C=O) groups is 1. The van der Waals surface area contributed by atoms with Gasteiger partial charge in [-0.1, -0.05) is 31.2 Å². The van der Waals surface area contributed by atoms with Crippen LogP contribution in [0, 0.1) is 0 Å². The number of hydrogen-bond donors (Lipinski definition) is 2. The summed E-state index contributed by atoms with van der Waals surface area (Å²) in [5.74, 6) is -0.0465. The highest BCUT2D eigenvalue weighted by atomic mass is 16.4. The summed E-state index contributed by atoms with van der Waals surface area (Å²) in [5.41, 5.74) is 2.45. The number of aliphatic carboxylic acids is 1. The Balaban J connectivity index is 2.15. The molecule has 1 unspecified atom stereocenters. The van der Waals surface area contributed by atoms with E-state index in [1.807, 2.05) is 19.1 Å². The first-order valence-electron chi connectivity index (χ1n) is 6.25. The fraction of sp³-hybridized carbons (Fsp3) is 0.500. The van der Waals surface area contributed by atoms with Crippen LogP contribution in [0.15, 0.2) is 24.3 Å². The van der Waals surface area contributed by atoms with Gasteiger partial charge in [0.05, 0.1) is 6.42 Å². The van der Waals surface area contributed by atoms with E-state index in [1.54, 1.807) is 0 Å². The molecule has 3 heteroatoms. The Labute approximate surface area is 102 Å². The largest absolute Gasteiger partial charge is 0.481 e. The summed E-state index contributed by atoms with van der Waals surface area (Å²) in [6.07, 6.45) is 2.68.